The van der Waals surface area contributed by atoms with Crippen molar-refractivity contribution in [1.82, 2.24) is 4.31 Å². The predicted molar refractivity (Wildman–Crippen MR) is 73.4 cm³/mol. The van der Waals surface area contributed by atoms with Crippen LogP contribution in [0.5, 0.6) is 0 Å². The fourth-order valence-corrected chi connectivity index (χ4v) is 5.26. The molecule has 7 heteroatoms. The van der Waals surface area contributed by atoms with Gasteiger partial charge in [-0.1, -0.05) is 18.2 Å². The molecule has 0 unspecified atom stereocenters. The van der Waals surface area contributed by atoms with Gasteiger partial charge < -0.3 is 5.11 Å². The summed E-state index contributed by atoms with van der Waals surface area (Å²) < 4.78 is 25.4. The molecule has 0 aliphatic carbocycles. The lowest BCUT2D eigenvalue weighted by Crippen LogP contribution is -2.48. The zero-order chi connectivity index (χ0) is 14.3. The minimum atomic E-state index is -3.77. The van der Waals surface area contributed by atoms with Gasteiger partial charge in [0.1, 0.15) is 6.04 Å². The van der Waals surface area contributed by atoms with Crippen molar-refractivity contribution in [2.75, 3.05) is 5.88 Å². The van der Waals surface area contributed by atoms with Gasteiger partial charge in [0.05, 0.1) is 10.8 Å². The maximum Gasteiger partial charge on any atom is 0.323 e. The Labute approximate surface area is 116 Å². The number of carbonyl (C=O) groups is 1. The summed E-state index contributed by atoms with van der Waals surface area (Å²) >= 11 is 1.33. The van der Waals surface area contributed by atoms with Gasteiger partial charge in [0.2, 0.25) is 10.0 Å². The summed E-state index contributed by atoms with van der Waals surface area (Å²) in [6.45, 7) is 3.49. The SMILES string of the molecule is CC1(C)SCN(S(=O)(=O)c2ccccc2)[C@H]1C(=O)O. The first-order chi connectivity index (χ1) is 8.77. The highest BCUT2D eigenvalue weighted by atomic mass is 32.2. The number of hydrogen-bond donors (Lipinski definition) is 1. The molecule has 0 amide bonds. The highest BCUT2D eigenvalue weighted by molar-refractivity contribution is 8.02. The largest absolute Gasteiger partial charge is 0.480 e. The van der Waals surface area contributed by atoms with Crippen molar-refractivity contribution in [3.8, 4) is 0 Å². The van der Waals surface area contributed by atoms with Gasteiger partial charge in [-0.15, -0.1) is 11.8 Å². The van der Waals surface area contributed by atoms with Gasteiger partial charge in [0.25, 0.3) is 0 Å². The highest BCUT2D eigenvalue weighted by Crippen LogP contribution is 2.42. The molecule has 19 heavy (non-hydrogen) atoms. The number of carboxylic acids is 1. The molecular weight excluding hydrogens is 286 g/mol. The monoisotopic (exact) mass is 301 g/mol. The van der Waals surface area contributed by atoms with E-state index in [0.717, 1.165) is 4.31 Å². The number of thioether (sulfide) groups is 1. The van der Waals surface area contributed by atoms with E-state index in [1.165, 1.54) is 23.9 Å². The average Bonchev–Trinajstić information content (AvgIpc) is 2.66. The van der Waals surface area contributed by atoms with Crippen LogP contribution in [-0.4, -0.2) is 40.5 Å². The summed E-state index contributed by atoms with van der Waals surface area (Å²) in [4.78, 5) is 11.5. The molecular formula is C12H15NO4S2. The van der Waals surface area contributed by atoms with E-state index in [1.807, 2.05) is 0 Å². The molecule has 0 spiro atoms. The van der Waals surface area contributed by atoms with Crippen molar-refractivity contribution in [2.45, 2.75) is 29.5 Å². The Balaban J connectivity index is 2.45. The Hall–Kier alpha value is -1.05. The van der Waals surface area contributed by atoms with E-state index in [4.69, 9.17) is 0 Å². The zero-order valence-electron chi connectivity index (χ0n) is 10.6. The standard InChI is InChI=1S/C12H15NO4S2/c1-12(2)10(11(14)15)13(8-18-12)19(16,17)9-6-4-3-5-7-9/h3-7,10H,8H2,1-2H3,(H,14,15)/t10-/m0/s1. The molecule has 2 rings (SSSR count). The van der Waals surface area contributed by atoms with Crippen molar-refractivity contribution in [1.29, 1.82) is 0 Å². The molecule has 1 atom stereocenters. The van der Waals surface area contributed by atoms with E-state index in [1.54, 1.807) is 32.0 Å². The van der Waals surface area contributed by atoms with E-state index in [2.05, 4.69) is 0 Å². The van der Waals surface area contributed by atoms with E-state index in [-0.39, 0.29) is 10.8 Å². The molecule has 1 aromatic carbocycles. The number of aliphatic carboxylic acids is 1. The second-order valence-electron chi connectivity index (χ2n) is 4.82. The molecule has 1 heterocycles. The van der Waals surface area contributed by atoms with Crippen LogP contribution in [0.15, 0.2) is 35.2 Å². The molecule has 1 N–H and O–H groups in total. The molecule has 104 valence electrons. The number of benzene rings is 1. The molecule has 1 fully saturated rings. The summed E-state index contributed by atoms with van der Waals surface area (Å²) in [5.74, 6) is -0.962. The van der Waals surface area contributed by atoms with Gasteiger partial charge in [-0.05, 0) is 26.0 Å². The quantitative estimate of drug-likeness (QED) is 0.918. The topological polar surface area (TPSA) is 74.7 Å². The second kappa shape index (κ2) is 4.81. The minimum Gasteiger partial charge on any atom is -0.480 e. The van der Waals surface area contributed by atoms with Crippen molar-refractivity contribution in [3.05, 3.63) is 30.3 Å². The summed E-state index contributed by atoms with van der Waals surface area (Å²) in [7, 11) is -3.77. The van der Waals surface area contributed by atoms with Gasteiger partial charge in [0, 0.05) is 4.75 Å². The van der Waals surface area contributed by atoms with Crippen molar-refractivity contribution in [2.24, 2.45) is 0 Å². The molecule has 0 saturated carbocycles. The average molecular weight is 301 g/mol. The summed E-state index contributed by atoms with van der Waals surface area (Å²) in [6.07, 6.45) is 0. The molecule has 0 aromatic heterocycles. The third-order valence-electron chi connectivity index (χ3n) is 3.09. The first kappa shape index (κ1) is 14.4. The third-order valence-corrected chi connectivity index (χ3v) is 6.46. The van der Waals surface area contributed by atoms with Crippen LogP contribution in [0.2, 0.25) is 0 Å². The van der Waals surface area contributed by atoms with Gasteiger partial charge >= 0.3 is 5.97 Å². The van der Waals surface area contributed by atoms with E-state index in [0.29, 0.717) is 0 Å². The fraction of sp³-hybridized carbons (Fsp3) is 0.417. The normalized spacial score (nSPS) is 23.4. The van der Waals surface area contributed by atoms with Crippen LogP contribution < -0.4 is 0 Å². The summed E-state index contributed by atoms with van der Waals surface area (Å²) in [6, 6.07) is 6.86. The molecule has 1 aliphatic rings. The van der Waals surface area contributed by atoms with Crippen molar-refractivity contribution < 1.29 is 18.3 Å². The number of nitrogens with zero attached hydrogens (tertiary/aromatic N) is 1. The fourth-order valence-electron chi connectivity index (χ4n) is 2.09. The lowest BCUT2D eigenvalue weighted by Gasteiger charge is -2.27. The maximum absolute atomic E-state index is 12.5. The molecule has 0 radical (unpaired) electrons. The van der Waals surface area contributed by atoms with Gasteiger partial charge in [0.15, 0.2) is 0 Å². The summed E-state index contributed by atoms with van der Waals surface area (Å²) in [5.41, 5.74) is 0. The van der Waals surface area contributed by atoms with Crippen LogP contribution in [0, 0.1) is 0 Å². The highest BCUT2D eigenvalue weighted by Gasteiger charge is 2.51. The predicted octanol–water partition coefficient (Wildman–Crippen LogP) is 1.61. The maximum atomic E-state index is 12.5. The van der Waals surface area contributed by atoms with E-state index in [9.17, 15) is 18.3 Å². The number of carboxylic acid groups (broad SMARTS) is 1. The third kappa shape index (κ3) is 2.50. The van der Waals surface area contributed by atoms with E-state index < -0.39 is 26.8 Å². The van der Waals surface area contributed by atoms with Crippen LogP contribution in [0.3, 0.4) is 0 Å². The zero-order valence-corrected chi connectivity index (χ0v) is 12.2. The number of hydrogen-bond acceptors (Lipinski definition) is 4. The van der Waals surface area contributed by atoms with Gasteiger partial charge in [-0.3, -0.25) is 4.79 Å². The Kier molecular flexibility index (Phi) is 3.63. The van der Waals surface area contributed by atoms with Crippen LogP contribution >= 0.6 is 11.8 Å². The lowest BCUT2D eigenvalue weighted by molar-refractivity contribution is -0.141. The van der Waals surface area contributed by atoms with Gasteiger partial charge in [-0.25, -0.2) is 8.42 Å². The molecule has 1 aliphatic heterocycles. The van der Waals surface area contributed by atoms with Crippen LogP contribution in [0.4, 0.5) is 0 Å². The Morgan fingerprint density at radius 3 is 2.47 bits per heavy atom. The van der Waals surface area contributed by atoms with Crippen LogP contribution in [0.25, 0.3) is 0 Å². The number of sulfonamides is 1. The first-order valence-corrected chi connectivity index (χ1v) is 8.13. The van der Waals surface area contributed by atoms with Crippen molar-refractivity contribution >= 4 is 27.8 Å². The van der Waals surface area contributed by atoms with Crippen LogP contribution in [0.1, 0.15) is 13.8 Å². The summed E-state index contributed by atoms with van der Waals surface area (Å²) in [5, 5.41) is 9.31. The minimum absolute atomic E-state index is 0.125. The second-order valence-corrected chi connectivity index (χ2v) is 8.31. The van der Waals surface area contributed by atoms with Crippen LogP contribution in [-0.2, 0) is 14.8 Å². The van der Waals surface area contributed by atoms with Crippen molar-refractivity contribution in [3.63, 3.8) is 0 Å². The molecule has 1 aromatic rings. The Morgan fingerprint density at radius 1 is 1.37 bits per heavy atom. The smallest absolute Gasteiger partial charge is 0.323 e. The van der Waals surface area contributed by atoms with Gasteiger partial charge in [-0.2, -0.15) is 4.31 Å². The molecule has 0 bridgehead atoms. The molecule has 5 nitrogen and oxygen atoms in total. The van der Waals surface area contributed by atoms with E-state index >= 15 is 0 Å². The lowest BCUT2D eigenvalue weighted by atomic mass is 10.0. The first-order valence-electron chi connectivity index (χ1n) is 5.70. The Morgan fingerprint density at radius 2 is 1.95 bits per heavy atom. The molecule has 1 saturated heterocycles. The number of rotatable bonds is 3. The Bertz CT molecular complexity index is 583.